The second-order valence-corrected chi connectivity index (χ2v) is 2.87. The standard InChI is InChI=1S/C9H13N3O/c1-6(12-9(10)11)7-2-4-8(13)5-3-7/h2-6,13H,1H3,(H4,10,11,12). The Morgan fingerprint density at radius 2 is 2.00 bits per heavy atom. The summed E-state index contributed by atoms with van der Waals surface area (Å²) in [6.45, 7) is 1.90. The predicted molar refractivity (Wildman–Crippen MR) is 51.6 cm³/mol. The average molecular weight is 179 g/mol. The van der Waals surface area contributed by atoms with Gasteiger partial charge >= 0.3 is 0 Å². The van der Waals surface area contributed by atoms with Crippen molar-refractivity contribution in [2.75, 3.05) is 0 Å². The molecule has 0 spiro atoms. The summed E-state index contributed by atoms with van der Waals surface area (Å²) < 4.78 is 0. The molecule has 1 unspecified atom stereocenters. The maximum atomic E-state index is 9.03. The first-order valence-corrected chi connectivity index (χ1v) is 3.99. The molecule has 0 aliphatic carbocycles. The summed E-state index contributed by atoms with van der Waals surface area (Å²) in [5.74, 6) is 0.180. The number of nitrogens with two attached hydrogens (primary N) is 1. The number of phenols is 1. The molecule has 1 rings (SSSR count). The average Bonchev–Trinajstić information content (AvgIpc) is 2.04. The zero-order valence-corrected chi connectivity index (χ0v) is 7.41. The topological polar surface area (TPSA) is 82.1 Å². The largest absolute Gasteiger partial charge is 0.508 e. The lowest BCUT2D eigenvalue weighted by Crippen LogP contribution is -2.32. The Bertz CT molecular complexity index is 294. The zero-order chi connectivity index (χ0) is 9.84. The van der Waals surface area contributed by atoms with Gasteiger partial charge in [-0.25, -0.2) is 0 Å². The van der Waals surface area contributed by atoms with E-state index in [9.17, 15) is 0 Å². The molecule has 1 aromatic carbocycles. The molecule has 0 aromatic heterocycles. The molecule has 1 aromatic rings. The lowest BCUT2D eigenvalue weighted by molar-refractivity contribution is 0.475. The molecule has 0 fully saturated rings. The predicted octanol–water partition coefficient (Wildman–Crippen LogP) is 0.936. The van der Waals surface area contributed by atoms with E-state index in [1.54, 1.807) is 24.3 Å². The van der Waals surface area contributed by atoms with Crippen LogP contribution in [0.15, 0.2) is 24.3 Å². The number of guanidine groups is 1. The van der Waals surface area contributed by atoms with Crippen LogP contribution in [-0.2, 0) is 0 Å². The maximum Gasteiger partial charge on any atom is 0.186 e. The van der Waals surface area contributed by atoms with Gasteiger partial charge in [0.25, 0.3) is 0 Å². The minimum Gasteiger partial charge on any atom is -0.508 e. The number of phenolic OH excluding ortho intramolecular Hbond substituents is 1. The fourth-order valence-electron chi connectivity index (χ4n) is 1.08. The molecule has 13 heavy (non-hydrogen) atoms. The molecule has 4 heteroatoms. The number of nitrogens with one attached hydrogen (secondary N) is 2. The molecule has 5 N–H and O–H groups in total. The van der Waals surface area contributed by atoms with E-state index < -0.39 is 0 Å². The highest BCUT2D eigenvalue weighted by Gasteiger charge is 2.04. The summed E-state index contributed by atoms with van der Waals surface area (Å²) in [4.78, 5) is 0. The summed E-state index contributed by atoms with van der Waals surface area (Å²) >= 11 is 0. The Balaban J connectivity index is 2.71. The van der Waals surface area contributed by atoms with Crippen LogP contribution in [-0.4, -0.2) is 11.1 Å². The van der Waals surface area contributed by atoms with Gasteiger partial charge in [0.1, 0.15) is 5.75 Å². The van der Waals surface area contributed by atoms with Gasteiger partial charge in [0.15, 0.2) is 5.96 Å². The normalized spacial score (nSPS) is 12.1. The van der Waals surface area contributed by atoms with Crippen molar-refractivity contribution in [3.8, 4) is 5.75 Å². The van der Waals surface area contributed by atoms with Gasteiger partial charge in [0, 0.05) is 0 Å². The van der Waals surface area contributed by atoms with Crippen molar-refractivity contribution in [1.29, 1.82) is 5.41 Å². The van der Waals surface area contributed by atoms with E-state index in [0.717, 1.165) is 5.56 Å². The van der Waals surface area contributed by atoms with E-state index in [2.05, 4.69) is 5.32 Å². The third kappa shape index (κ3) is 2.66. The molecule has 0 aliphatic rings. The van der Waals surface area contributed by atoms with Crippen LogP contribution in [0.5, 0.6) is 5.75 Å². The monoisotopic (exact) mass is 179 g/mol. The van der Waals surface area contributed by atoms with Crippen molar-refractivity contribution in [2.24, 2.45) is 5.73 Å². The Kier molecular flexibility index (Phi) is 2.74. The smallest absolute Gasteiger partial charge is 0.186 e. The first-order chi connectivity index (χ1) is 6.09. The third-order valence-corrected chi connectivity index (χ3v) is 1.77. The second kappa shape index (κ2) is 3.80. The van der Waals surface area contributed by atoms with Crippen LogP contribution in [0, 0.1) is 5.41 Å². The molecule has 0 bridgehead atoms. The van der Waals surface area contributed by atoms with E-state index >= 15 is 0 Å². The van der Waals surface area contributed by atoms with E-state index in [1.807, 2.05) is 6.92 Å². The second-order valence-electron chi connectivity index (χ2n) is 2.87. The molecule has 70 valence electrons. The van der Waals surface area contributed by atoms with Crippen molar-refractivity contribution in [1.82, 2.24) is 5.32 Å². The van der Waals surface area contributed by atoms with Crippen LogP contribution in [0.4, 0.5) is 0 Å². The fraction of sp³-hybridized carbons (Fsp3) is 0.222. The fourth-order valence-corrected chi connectivity index (χ4v) is 1.08. The number of aromatic hydroxyl groups is 1. The van der Waals surface area contributed by atoms with Gasteiger partial charge in [-0.05, 0) is 24.6 Å². The number of rotatable bonds is 2. The van der Waals surface area contributed by atoms with Crippen molar-refractivity contribution < 1.29 is 5.11 Å². The molecule has 4 nitrogen and oxygen atoms in total. The first-order valence-electron chi connectivity index (χ1n) is 3.99. The highest BCUT2D eigenvalue weighted by Crippen LogP contribution is 2.15. The van der Waals surface area contributed by atoms with Crippen molar-refractivity contribution in [2.45, 2.75) is 13.0 Å². The van der Waals surface area contributed by atoms with E-state index in [4.69, 9.17) is 16.2 Å². The van der Waals surface area contributed by atoms with Crippen molar-refractivity contribution >= 4 is 5.96 Å². The maximum absolute atomic E-state index is 9.03. The highest BCUT2D eigenvalue weighted by molar-refractivity contribution is 5.74. The number of hydrogen-bond acceptors (Lipinski definition) is 2. The van der Waals surface area contributed by atoms with Crippen LogP contribution in [0.2, 0.25) is 0 Å². The van der Waals surface area contributed by atoms with Crippen LogP contribution in [0.1, 0.15) is 18.5 Å². The van der Waals surface area contributed by atoms with Crippen molar-refractivity contribution in [3.05, 3.63) is 29.8 Å². The van der Waals surface area contributed by atoms with Crippen LogP contribution < -0.4 is 11.1 Å². The molecule has 0 radical (unpaired) electrons. The van der Waals surface area contributed by atoms with Gasteiger partial charge in [-0.15, -0.1) is 0 Å². The Hall–Kier alpha value is -1.71. The highest BCUT2D eigenvalue weighted by atomic mass is 16.3. The Morgan fingerprint density at radius 3 is 2.46 bits per heavy atom. The van der Waals surface area contributed by atoms with Crippen LogP contribution in [0.25, 0.3) is 0 Å². The molecule has 0 heterocycles. The zero-order valence-electron chi connectivity index (χ0n) is 7.41. The molecule has 0 aliphatic heterocycles. The van der Waals surface area contributed by atoms with Gasteiger partial charge in [-0.1, -0.05) is 12.1 Å². The summed E-state index contributed by atoms with van der Waals surface area (Å²) in [5, 5.41) is 18.8. The molecule has 0 amide bonds. The minimum absolute atomic E-state index is 0.0156. The SMILES string of the molecule is CC(NC(=N)N)c1ccc(O)cc1. The molecular weight excluding hydrogens is 166 g/mol. The van der Waals surface area contributed by atoms with Gasteiger partial charge in [-0.3, -0.25) is 5.41 Å². The van der Waals surface area contributed by atoms with Gasteiger partial charge in [0.2, 0.25) is 0 Å². The van der Waals surface area contributed by atoms with Crippen molar-refractivity contribution in [3.63, 3.8) is 0 Å². The Morgan fingerprint density at radius 1 is 1.46 bits per heavy atom. The van der Waals surface area contributed by atoms with Gasteiger partial charge in [-0.2, -0.15) is 0 Å². The van der Waals surface area contributed by atoms with Crippen LogP contribution in [0.3, 0.4) is 0 Å². The van der Waals surface area contributed by atoms with Gasteiger partial charge in [0.05, 0.1) is 6.04 Å². The van der Waals surface area contributed by atoms with E-state index in [-0.39, 0.29) is 17.8 Å². The van der Waals surface area contributed by atoms with Gasteiger partial charge < -0.3 is 16.2 Å². The minimum atomic E-state index is -0.0550. The summed E-state index contributed by atoms with van der Waals surface area (Å²) in [5.41, 5.74) is 6.16. The number of hydrogen-bond donors (Lipinski definition) is 4. The van der Waals surface area contributed by atoms with E-state index in [1.165, 1.54) is 0 Å². The van der Waals surface area contributed by atoms with E-state index in [0.29, 0.717) is 0 Å². The molecule has 1 atom stereocenters. The number of benzene rings is 1. The third-order valence-electron chi connectivity index (χ3n) is 1.77. The summed E-state index contributed by atoms with van der Waals surface area (Å²) in [6, 6.07) is 6.77. The quantitative estimate of drug-likeness (QED) is 0.402. The van der Waals surface area contributed by atoms with Crippen LogP contribution >= 0.6 is 0 Å². The molecule has 0 saturated carbocycles. The first kappa shape index (κ1) is 9.38. The lowest BCUT2D eigenvalue weighted by Gasteiger charge is -2.13. The Labute approximate surface area is 76.9 Å². The summed E-state index contributed by atoms with van der Waals surface area (Å²) in [7, 11) is 0. The molecule has 0 saturated heterocycles. The summed E-state index contributed by atoms with van der Waals surface area (Å²) in [6.07, 6.45) is 0. The molecular formula is C9H13N3O. The lowest BCUT2D eigenvalue weighted by atomic mass is 10.1.